The predicted octanol–water partition coefficient (Wildman–Crippen LogP) is 1.09. The van der Waals surface area contributed by atoms with E-state index in [-0.39, 0.29) is 13.2 Å². The molecule has 0 aromatic heterocycles. The van der Waals surface area contributed by atoms with Crippen LogP contribution >= 0.6 is 0 Å². The van der Waals surface area contributed by atoms with Gasteiger partial charge in [0.1, 0.15) is 23.6 Å². The molecular formula is C20H16N6O4. The van der Waals surface area contributed by atoms with Gasteiger partial charge in [-0.2, -0.15) is 20.7 Å². The summed E-state index contributed by atoms with van der Waals surface area (Å²) in [5.41, 5.74) is 5.16. The molecule has 0 radical (unpaired) electrons. The Kier molecular flexibility index (Phi) is 8.57. The smallest absolute Gasteiger partial charge is 0.331 e. The third-order valence-corrected chi connectivity index (χ3v) is 3.37. The van der Waals surface area contributed by atoms with Crippen molar-refractivity contribution < 1.29 is 19.1 Å². The fourth-order valence-corrected chi connectivity index (χ4v) is 2.08. The summed E-state index contributed by atoms with van der Waals surface area (Å²) in [4.78, 5) is 23.6. The Hall–Kier alpha value is -4.70. The Bertz CT molecular complexity index is 953. The topological polar surface area (TPSA) is 149 Å². The van der Waals surface area contributed by atoms with Crippen LogP contribution in [0.1, 0.15) is 11.1 Å². The fraction of sp³-hybridized carbons (Fsp3) is 0.100. The first-order chi connectivity index (χ1) is 14.7. The lowest BCUT2D eigenvalue weighted by atomic mass is 10.2. The first-order valence-corrected chi connectivity index (χ1v) is 8.49. The molecular weight excluding hydrogens is 388 g/mol. The van der Waals surface area contributed by atoms with Gasteiger partial charge in [-0.05, 0) is 24.3 Å². The summed E-state index contributed by atoms with van der Waals surface area (Å²) in [5, 5.41) is 24.6. The SMILES string of the molecule is N#CCOc1ccccc1/C=N/NC(=O)C(=O)N/N=C/c1ccccc1OCC#N. The number of benzene rings is 2. The van der Waals surface area contributed by atoms with Crippen molar-refractivity contribution in [1.82, 2.24) is 10.9 Å². The van der Waals surface area contributed by atoms with E-state index in [0.717, 1.165) is 0 Å². The van der Waals surface area contributed by atoms with E-state index in [1.807, 2.05) is 12.1 Å². The minimum absolute atomic E-state index is 0.137. The summed E-state index contributed by atoms with van der Waals surface area (Å²) < 4.78 is 10.5. The number of ether oxygens (including phenoxy) is 2. The number of nitrogens with zero attached hydrogens (tertiary/aromatic N) is 4. The quantitative estimate of drug-likeness (QED) is 0.382. The van der Waals surface area contributed by atoms with Gasteiger partial charge in [-0.1, -0.05) is 24.3 Å². The van der Waals surface area contributed by atoms with Gasteiger partial charge in [0.25, 0.3) is 0 Å². The molecule has 10 heteroatoms. The molecule has 0 atom stereocenters. The summed E-state index contributed by atoms with van der Waals surface area (Å²) in [7, 11) is 0. The van der Waals surface area contributed by atoms with Crippen molar-refractivity contribution in [1.29, 1.82) is 10.5 Å². The van der Waals surface area contributed by atoms with E-state index in [1.54, 1.807) is 48.5 Å². The van der Waals surface area contributed by atoms with Crippen molar-refractivity contribution in [3.05, 3.63) is 59.7 Å². The maximum Gasteiger partial charge on any atom is 0.331 e. The van der Waals surface area contributed by atoms with Gasteiger partial charge in [-0.3, -0.25) is 9.59 Å². The molecule has 0 aliphatic heterocycles. The van der Waals surface area contributed by atoms with Crippen LogP contribution in [0.2, 0.25) is 0 Å². The van der Waals surface area contributed by atoms with Crippen molar-refractivity contribution in [3.8, 4) is 23.6 Å². The van der Waals surface area contributed by atoms with Crippen LogP contribution in [-0.4, -0.2) is 37.5 Å². The number of para-hydroxylation sites is 2. The summed E-state index contributed by atoms with van der Waals surface area (Å²) in [6.45, 7) is -0.273. The molecule has 0 bridgehead atoms. The van der Waals surface area contributed by atoms with Crippen molar-refractivity contribution in [3.63, 3.8) is 0 Å². The van der Waals surface area contributed by atoms with Gasteiger partial charge >= 0.3 is 11.8 Å². The first-order valence-electron chi connectivity index (χ1n) is 8.49. The zero-order chi connectivity index (χ0) is 21.6. The van der Waals surface area contributed by atoms with E-state index < -0.39 is 11.8 Å². The third-order valence-electron chi connectivity index (χ3n) is 3.37. The van der Waals surface area contributed by atoms with E-state index in [0.29, 0.717) is 22.6 Å². The number of hydrazone groups is 2. The largest absolute Gasteiger partial charge is 0.478 e. The van der Waals surface area contributed by atoms with E-state index in [9.17, 15) is 9.59 Å². The average molecular weight is 404 g/mol. The van der Waals surface area contributed by atoms with Crippen LogP contribution < -0.4 is 20.3 Å². The highest BCUT2D eigenvalue weighted by Crippen LogP contribution is 2.16. The molecule has 0 fully saturated rings. The first kappa shape index (κ1) is 21.6. The number of hydrogen-bond donors (Lipinski definition) is 2. The van der Waals surface area contributed by atoms with E-state index >= 15 is 0 Å². The monoisotopic (exact) mass is 404 g/mol. The fourth-order valence-electron chi connectivity index (χ4n) is 2.08. The maximum atomic E-state index is 11.8. The van der Waals surface area contributed by atoms with Crippen molar-refractivity contribution in [2.75, 3.05) is 13.2 Å². The minimum Gasteiger partial charge on any atom is -0.478 e. The lowest BCUT2D eigenvalue weighted by Crippen LogP contribution is -2.35. The summed E-state index contributed by atoms with van der Waals surface area (Å²) in [6, 6.07) is 17.2. The van der Waals surface area contributed by atoms with E-state index in [1.165, 1.54) is 12.4 Å². The molecule has 2 aromatic carbocycles. The minimum atomic E-state index is -1.03. The molecule has 2 rings (SSSR count). The molecule has 0 heterocycles. The number of hydrogen-bond acceptors (Lipinski definition) is 8. The Balaban J connectivity index is 1.90. The number of amides is 2. The van der Waals surface area contributed by atoms with Gasteiger partial charge in [0, 0.05) is 11.1 Å². The normalized spacial score (nSPS) is 10.2. The molecule has 10 nitrogen and oxygen atoms in total. The summed E-state index contributed by atoms with van der Waals surface area (Å²) in [6.07, 6.45) is 2.56. The van der Waals surface area contributed by atoms with Gasteiger partial charge in [0.15, 0.2) is 13.2 Å². The van der Waals surface area contributed by atoms with Crippen molar-refractivity contribution in [2.24, 2.45) is 10.2 Å². The van der Waals surface area contributed by atoms with Crippen LogP contribution in [-0.2, 0) is 9.59 Å². The highest BCUT2D eigenvalue weighted by Gasteiger charge is 2.11. The lowest BCUT2D eigenvalue weighted by Gasteiger charge is -2.05. The van der Waals surface area contributed by atoms with Crippen molar-refractivity contribution >= 4 is 24.2 Å². The standard InChI is InChI=1S/C20H16N6O4/c21-9-11-29-17-7-3-1-5-15(17)13-23-25-19(27)20(28)26-24-14-16-6-2-4-8-18(16)30-12-10-22/h1-8,13-14H,11-12H2,(H,25,27)(H,26,28)/b23-13+,24-14+. The Labute approximate surface area is 172 Å². The van der Waals surface area contributed by atoms with E-state index in [2.05, 4.69) is 21.1 Å². The number of nitriles is 2. The summed E-state index contributed by atoms with van der Waals surface area (Å²) in [5.74, 6) is -1.26. The third kappa shape index (κ3) is 6.79. The van der Waals surface area contributed by atoms with Crippen LogP contribution in [0.15, 0.2) is 58.7 Å². The van der Waals surface area contributed by atoms with Crippen LogP contribution in [0, 0.1) is 22.7 Å². The van der Waals surface area contributed by atoms with E-state index in [4.69, 9.17) is 20.0 Å². The average Bonchev–Trinajstić information content (AvgIpc) is 2.77. The van der Waals surface area contributed by atoms with Gasteiger partial charge in [0.2, 0.25) is 0 Å². The van der Waals surface area contributed by atoms with Crippen LogP contribution in [0.4, 0.5) is 0 Å². The Morgan fingerprint density at radius 1 is 0.800 bits per heavy atom. The van der Waals surface area contributed by atoms with Gasteiger partial charge in [0.05, 0.1) is 12.4 Å². The number of rotatable bonds is 8. The second-order valence-corrected chi connectivity index (χ2v) is 5.37. The van der Waals surface area contributed by atoms with Crippen LogP contribution in [0.25, 0.3) is 0 Å². The predicted molar refractivity (Wildman–Crippen MR) is 107 cm³/mol. The summed E-state index contributed by atoms with van der Waals surface area (Å²) >= 11 is 0. The molecule has 0 unspecified atom stereocenters. The highest BCUT2D eigenvalue weighted by atomic mass is 16.5. The maximum absolute atomic E-state index is 11.8. The molecule has 0 saturated carbocycles. The molecule has 30 heavy (non-hydrogen) atoms. The lowest BCUT2D eigenvalue weighted by molar-refractivity contribution is -0.139. The van der Waals surface area contributed by atoms with Crippen molar-refractivity contribution in [2.45, 2.75) is 0 Å². The second kappa shape index (κ2) is 11.9. The second-order valence-electron chi connectivity index (χ2n) is 5.37. The highest BCUT2D eigenvalue weighted by molar-refractivity contribution is 6.35. The zero-order valence-electron chi connectivity index (χ0n) is 15.6. The molecule has 0 spiro atoms. The molecule has 0 saturated heterocycles. The molecule has 0 aliphatic rings. The molecule has 2 amide bonds. The van der Waals surface area contributed by atoms with Gasteiger partial charge in [-0.15, -0.1) is 0 Å². The van der Waals surface area contributed by atoms with Gasteiger partial charge < -0.3 is 9.47 Å². The Morgan fingerprint density at radius 3 is 1.60 bits per heavy atom. The molecule has 150 valence electrons. The molecule has 0 aliphatic carbocycles. The van der Waals surface area contributed by atoms with Crippen LogP contribution in [0.3, 0.4) is 0 Å². The number of carbonyl (C=O) groups excluding carboxylic acids is 2. The molecule has 2 aromatic rings. The van der Waals surface area contributed by atoms with Gasteiger partial charge in [-0.25, -0.2) is 10.9 Å². The Morgan fingerprint density at radius 2 is 1.20 bits per heavy atom. The zero-order valence-corrected chi connectivity index (χ0v) is 15.6. The molecule has 2 N–H and O–H groups in total. The number of nitrogens with one attached hydrogen (secondary N) is 2. The van der Waals surface area contributed by atoms with Crippen LogP contribution in [0.5, 0.6) is 11.5 Å². The number of carbonyl (C=O) groups is 2.